The van der Waals surface area contributed by atoms with Crippen molar-refractivity contribution >= 4 is 11.1 Å². The normalized spacial score (nSPS) is 38.9. The highest BCUT2D eigenvalue weighted by Gasteiger charge is 2.24. The lowest BCUT2D eigenvalue weighted by Gasteiger charge is -1.99. The van der Waals surface area contributed by atoms with Gasteiger partial charge in [-0.15, -0.1) is 0 Å². The molecule has 1 rings (SSSR count). The first-order valence-corrected chi connectivity index (χ1v) is 4.20. The molecule has 0 bridgehead atoms. The van der Waals surface area contributed by atoms with Crippen molar-refractivity contribution < 1.29 is 8.76 Å². The molecule has 0 amide bonds. The number of nitrogens with one attached hydrogen (secondary N) is 1. The second kappa shape index (κ2) is 2.77. The fourth-order valence-corrected chi connectivity index (χ4v) is 1.74. The minimum absolute atomic E-state index is 0.0417. The Morgan fingerprint density at radius 2 is 2.44 bits per heavy atom. The summed E-state index contributed by atoms with van der Waals surface area (Å²) in [6.07, 6.45) is 0.823. The average Bonchev–Trinajstić information content (AvgIpc) is 2.14. The second-order valence-electron chi connectivity index (χ2n) is 2.44. The molecule has 0 spiro atoms. The first kappa shape index (κ1) is 7.18. The van der Waals surface area contributed by atoms with Crippen LogP contribution < -0.4 is 5.32 Å². The zero-order valence-corrected chi connectivity index (χ0v) is 6.15. The number of hydrogen-bond donors (Lipinski definition) is 2. The van der Waals surface area contributed by atoms with E-state index in [9.17, 15) is 4.21 Å². The fourth-order valence-electron chi connectivity index (χ4n) is 1.05. The largest absolute Gasteiger partial charge is 0.313 e. The molecule has 1 aliphatic heterocycles. The van der Waals surface area contributed by atoms with E-state index < -0.39 is 11.1 Å². The molecular weight excluding hydrogens is 138 g/mol. The van der Waals surface area contributed by atoms with Crippen LogP contribution in [-0.2, 0) is 11.1 Å². The van der Waals surface area contributed by atoms with Crippen molar-refractivity contribution in [3.63, 3.8) is 0 Å². The van der Waals surface area contributed by atoms with Crippen LogP contribution >= 0.6 is 0 Å². The Labute approximate surface area is 57.1 Å². The summed E-state index contributed by atoms with van der Waals surface area (Å²) in [4.78, 5) is 0. The highest BCUT2D eigenvalue weighted by atomic mass is 32.2. The van der Waals surface area contributed by atoms with E-state index in [4.69, 9.17) is 4.55 Å². The van der Waals surface area contributed by atoms with Crippen LogP contribution in [0.3, 0.4) is 0 Å². The second-order valence-corrected chi connectivity index (χ2v) is 3.66. The van der Waals surface area contributed by atoms with E-state index in [1.54, 1.807) is 0 Å². The van der Waals surface area contributed by atoms with Gasteiger partial charge < -0.3 is 9.87 Å². The number of rotatable bonds is 1. The van der Waals surface area contributed by atoms with Gasteiger partial charge in [0.2, 0.25) is 0 Å². The summed E-state index contributed by atoms with van der Waals surface area (Å²) < 4.78 is 19.0. The molecule has 9 heavy (non-hydrogen) atoms. The third-order valence-electron chi connectivity index (χ3n) is 1.60. The van der Waals surface area contributed by atoms with Gasteiger partial charge in [-0.2, -0.15) is 0 Å². The predicted octanol–water partition coefficient (Wildman–Crippen LogP) is -0.0415. The molecule has 0 aliphatic carbocycles. The maximum atomic E-state index is 10.4. The van der Waals surface area contributed by atoms with E-state index in [1.165, 1.54) is 0 Å². The van der Waals surface area contributed by atoms with Gasteiger partial charge >= 0.3 is 0 Å². The minimum Gasteiger partial charge on any atom is -0.313 e. The molecule has 1 aliphatic rings. The highest BCUT2D eigenvalue weighted by Crippen LogP contribution is 2.09. The van der Waals surface area contributed by atoms with Gasteiger partial charge in [0.1, 0.15) is 0 Å². The first-order chi connectivity index (χ1) is 4.20. The first-order valence-electron chi connectivity index (χ1n) is 3.03. The smallest absolute Gasteiger partial charge is 0.157 e. The van der Waals surface area contributed by atoms with Crippen molar-refractivity contribution in [3.8, 4) is 0 Å². The molecule has 3 atom stereocenters. The van der Waals surface area contributed by atoms with Crippen LogP contribution in [0.5, 0.6) is 0 Å². The van der Waals surface area contributed by atoms with Gasteiger partial charge in [0.05, 0.1) is 5.25 Å². The molecule has 54 valence electrons. The van der Waals surface area contributed by atoms with E-state index in [-0.39, 0.29) is 5.25 Å². The Bertz CT molecular complexity index is 128. The number of hydrogen-bond acceptors (Lipinski definition) is 2. The molecule has 4 heteroatoms. The molecule has 1 fully saturated rings. The summed E-state index contributed by atoms with van der Waals surface area (Å²) in [7, 11) is 0. The Kier molecular flexibility index (Phi) is 2.21. The van der Waals surface area contributed by atoms with E-state index in [2.05, 4.69) is 5.32 Å². The van der Waals surface area contributed by atoms with Crippen molar-refractivity contribution in [2.45, 2.75) is 24.6 Å². The molecule has 0 aromatic rings. The third kappa shape index (κ3) is 1.74. The molecular formula is C5H11NO2S. The maximum absolute atomic E-state index is 10.4. The van der Waals surface area contributed by atoms with Crippen LogP contribution in [0.15, 0.2) is 0 Å². The van der Waals surface area contributed by atoms with Crippen molar-refractivity contribution in [1.29, 1.82) is 0 Å². The topological polar surface area (TPSA) is 49.3 Å². The van der Waals surface area contributed by atoms with Gasteiger partial charge in [-0.25, -0.2) is 4.21 Å². The molecule has 0 radical (unpaired) electrons. The zero-order chi connectivity index (χ0) is 6.85. The Balaban J connectivity index is 2.39. The third-order valence-corrected chi connectivity index (χ3v) is 2.53. The zero-order valence-electron chi connectivity index (χ0n) is 5.33. The lowest BCUT2D eigenvalue weighted by Crippen LogP contribution is -2.19. The Morgan fingerprint density at radius 1 is 1.78 bits per heavy atom. The molecule has 1 saturated heterocycles. The lowest BCUT2D eigenvalue weighted by atomic mass is 10.2. The molecule has 0 aromatic heterocycles. The van der Waals surface area contributed by atoms with Crippen LogP contribution in [-0.4, -0.2) is 26.6 Å². The summed E-state index contributed by atoms with van der Waals surface area (Å²) in [6, 6.07) is 0.408. The van der Waals surface area contributed by atoms with Gasteiger partial charge in [0, 0.05) is 12.6 Å². The summed E-state index contributed by atoms with van der Waals surface area (Å²) in [6.45, 7) is 2.71. The van der Waals surface area contributed by atoms with Crippen LogP contribution in [0.2, 0.25) is 0 Å². The van der Waals surface area contributed by atoms with Crippen LogP contribution in [0.1, 0.15) is 13.3 Å². The van der Waals surface area contributed by atoms with Crippen molar-refractivity contribution in [2.24, 2.45) is 0 Å². The maximum Gasteiger partial charge on any atom is 0.157 e. The molecule has 3 nitrogen and oxygen atoms in total. The standard InChI is InChI=1S/C5H11NO2S/c1-4-2-5(3-6-4)9(7)8/h4-6H,2-3H2,1H3,(H,7,8). The summed E-state index contributed by atoms with van der Waals surface area (Å²) in [5.74, 6) is 0. The van der Waals surface area contributed by atoms with Gasteiger partial charge in [0.15, 0.2) is 11.1 Å². The summed E-state index contributed by atoms with van der Waals surface area (Å²) >= 11 is -1.62. The monoisotopic (exact) mass is 149 g/mol. The molecule has 3 unspecified atom stereocenters. The van der Waals surface area contributed by atoms with Crippen LogP contribution in [0, 0.1) is 0 Å². The van der Waals surface area contributed by atoms with Crippen LogP contribution in [0.25, 0.3) is 0 Å². The molecule has 0 saturated carbocycles. The lowest BCUT2D eigenvalue weighted by molar-refractivity contribution is 0.549. The van der Waals surface area contributed by atoms with E-state index in [0.29, 0.717) is 12.6 Å². The SMILES string of the molecule is CC1CC(S(=O)O)CN1. The molecule has 1 heterocycles. The molecule has 2 N–H and O–H groups in total. The van der Waals surface area contributed by atoms with E-state index in [0.717, 1.165) is 6.42 Å². The van der Waals surface area contributed by atoms with Crippen molar-refractivity contribution in [2.75, 3.05) is 6.54 Å². The minimum atomic E-state index is -1.62. The van der Waals surface area contributed by atoms with Crippen LogP contribution in [0.4, 0.5) is 0 Å². The van der Waals surface area contributed by atoms with E-state index in [1.807, 2.05) is 6.92 Å². The fraction of sp³-hybridized carbons (Fsp3) is 1.00. The van der Waals surface area contributed by atoms with Gasteiger partial charge in [-0.1, -0.05) is 0 Å². The van der Waals surface area contributed by atoms with Crippen molar-refractivity contribution in [3.05, 3.63) is 0 Å². The van der Waals surface area contributed by atoms with E-state index >= 15 is 0 Å². The molecule has 0 aromatic carbocycles. The average molecular weight is 149 g/mol. The van der Waals surface area contributed by atoms with Gasteiger partial charge in [-0.3, -0.25) is 0 Å². The summed E-state index contributed by atoms with van der Waals surface area (Å²) in [5, 5.41) is 3.06. The Hall–Kier alpha value is 0.0700. The predicted molar refractivity (Wildman–Crippen MR) is 36.6 cm³/mol. The van der Waals surface area contributed by atoms with Crippen molar-refractivity contribution in [1.82, 2.24) is 5.32 Å². The highest BCUT2D eigenvalue weighted by molar-refractivity contribution is 7.79. The Morgan fingerprint density at radius 3 is 2.67 bits per heavy atom. The van der Waals surface area contributed by atoms with Gasteiger partial charge in [0.25, 0.3) is 0 Å². The van der Waals surface area contributed by atoms with Gasteiger partial charge in [-0.05, 0) is 13.3 Å². The summed E-state index contributed by atoms with van der Waals surface area (Å²) in [5.41, 5.74) is 0. The quantitative estimate of drug-likeness (QED) is 0.514.